The van der Waals surface area contributed by atoms with E-state index in [9.17, 15) is 13.2 Å². The number of hydrogen-bond donors (Lipinski definition) is 3. The first-order valence-corrected chi connectivity index (χ1v) is 14.1. The molecule has 4 N–H and O–H groups in total. The molecule has 3 rings (SSSR count). The molecule has 0 bridgehead atoms. The lowest BCUT2D eigenvalue weighted by atomic mass is 10.1. The predicted molar refractivity (Wildman–Crippen MR) is 150 cm³/mol. The molecule has 1 fully saturated rings. The number of carbonyl (C=O) groups is 1. The number of likely N-dealkylation sites (tertiary alicyclic amines) is 1. The predicted octanol–water partition coefficient (Wildman–Crippen LogP) is 3.49. The number of halogens is 1. The van der Waals surface area contributed by atoms with E-state index in [4.69, 9.17) is 37.6 Å². The Labute approximate surface area is 228 Å². The molecule has 2 aromatic carbocycles. The van der Waals surface area contributed by atoms with Crippen molar-refractivity contribution in [2.75, 3.05) is 36.3 Å². The van der Waals surface area contributed by atoms with E-state index in [-0.39, 0.29) is 35.8 Å². The van der Waals surface area contributed by atoms with E-state index in [0.29, 0.717) is 24.4 Å². The van der Waals surface area contributed by atoms with Crippen LogP contribution in [0.1, 0.15) is 30.9 Å². The normalized spacial score (nSPS) is 14.3. The van der Waals surface area contributed by atoms with Crippen LogP contribution >= 0.6 is 11.6 Å². The summed E-state index contributed by atoms with van der Waals surface area (Å²) in [6, 6.07) is 11.7. The second kappa shape index (κ2) is 13.3. The molecular weight excluding hydrogens is 530 g/mol. The highest BCUT2D eigenvalue weighted by molar-refractivity contribution is 7.93. The van der Waals surface area contributed by atoms with Gasteiger partial charge in [-0.15, -0.1) is 0 Å². The van der Waals surface area contributed by atoms with Gasteiger partial charge < -0.3 is 20.1 Å². The van der Waals surface area contributed by atoms with E-state index in [1.54, 1.807) is 55.5 Å². The van der Waals surface area contributed by atoms with Crippen LogP contribution in [0.25, 0.3) is 6.08 Å². The minimum atomic E-state index is -4.11. The highest BCUT2D eigenvalue weighted by Gasteiger charge is 2.27. The first-order valence-electron chi connectivity index (χ1n) is 12.1. The molecular formula is C26H32ClN5O5S. The number of benzene rings is 2. The average molecular weight is 562 g/mol. The molecule has 0 saturated carbocycles. The lowest BCUT2D eigenvalue weighted by molar-refractivity contribution is -0.139. The Morgan fingerprint density at radius 2 is 1.97 bits per heavy atom. The first-order chi connectivity index (χ1) is 18.1. The van der Waals surface area contributed by atoms with E-state index in [1.807, 2.05) is 4.90 Å². The number of hydrogen-bond acceptors (Lipinski definition) is 7. The number of nitrogen functional groups attached to an aromatic ring is 1. The molecule has 0 spiro atoms. The van der Waals surface area contributed by atoms with Crippen molar-refractivity contribution in [2.24, 2.45) is 5.73 Å². The molecule has 38 heavy (non-hydrogen) atoms. The lowest BCUT2D eigenvalue weighted by Crippen LogP contribution is -2.37. The summed E-state index contributed by atoms with van der Waals surface area (Å²) in [5.41, 5.74) is 7.11. The molecule has 1 aliphatic rings. The van der Waals surface area contributed by atoms with Gasteiger partial charge in [0.2, 0.25) is 10.0 Å². The van der Waals surface area contributed by atoms with E-state index in [1.165, 1.54) is 12.4 Å². The number of carbonyl (C=O) groups excluding carboxylic acids is 1. The summed E-state index contributed by atoms with van der Waals surface area (Å²) in [6.45, 7) is 3.02. The highest BCUT2D eigenvalue weighted by atomic mass is 35.5. The van der Waals surface area contributed by atoms with E-state index in [0.717, 1.165) is 22.7 Å². The zero-order valence-corrected chi connectivity index (χ0v) is 22.7. The topological polar surface area (TPSA) is 150 Å². The number of nitrogens with one attached hydrogen (secondary N) is 2. The van der Waals surface area contributed by atoms with E-state index < -0.39 is 21.7 Å². The number of nitrogens with zero attached hydrogens (tertiary/aromatic N) is 2. The van der Waals surface area contributed by atoms with Gasteiger partial charge in [-0.25, -0.2) is 8.42 Å². The van der Waals surface area contributed by atoms with Crippen LogP contribution in [0.4, 0.5) is 5.69 Å². The van der Waals surface area contributed by atoms with Crippen molar-refractivity contribution < 1.29 is 22.7 Å². The summed E-state index contributed by atoms with van der Waals surface area (Å²) < 4.78 is 38.4. The molecule has 1 saturated heterocycles. The fourth-order valence-electron chi connectivity index (χ4n) is 3.95. The second-order valence-electron chi connectivity index (χ2n) is 8.63. The maximum absolute atomic E-state index is 13.2. The van der Waals surface area contributed by atoms with Gasteiger partial charge in [-0.1, -0.05) is 42.0 Å². The number of nitrogens with two attached hydrogens (primary N) is 1. The van der Waals surface area contributed by atoms with Crippen LogP contribution in [0.5, 0.6) is 5.75 Å². The van der Waals surface area contributed by atoms with Crippen molar-refractivity contribution in [1.82, 2.24) is 4.90 Å². The zero-order chi connectivity index (χ0) is 27.7. The molecule has 10 nitrogen and oxygen atoms in total. The molecule has 0 aliphatic carbocycles. The smallest absolute Gasteiger partial charge is 0.323 e. The third-order valence-corrected chi connectivity index (χ3v) is 7.80. The number of esters is 1. The largest absolute Gasteiger partial charge is 0.489 e. The van der Waals surface area contributed by atoms with Crippen LogP contribution in [0.15, 0.2) is 48.5 Å². The van der Waals surface area contributed by atoms with Gasteiger partial charge in [0.25, 0.3) is 0 Å². The van der Waals surface area contributed by atoms with E-state index >= 15 is 0 Å². The van der Waals surface area contributed by atoms with Crippen LogP contribution in [0.2, 0.25) is 5.02 Å². The summed E-state index contributed by atoms with van der Waals surface area (Å²) in [5, 5.41) is 15.2. The molecule has 12 heteroatoms. The monoisotopic (exact) mass is 561 g/mol. The van der Waals surface area contributed by atoms with Gasteiger partial charge in [-0.3, -0.25) is 19.9 Å². The van der Waals surface area contributed by atoms with E-state index in [2.05, 4.69) is 0 Å². The maximum Gasteiger partial charge on any atom is 0.323 e. The molecule has 0 aromatic heterocycles. The molecule has 2 aromatic rings. The van der Waals surface area contributed by atoms with Gasteiger partial charge in [-0.2, -0.15) is 0 Å². The molecule has 1 aliphatic heterocycles. The van der Waals surface area contributed by atoms with Gasteiger partial charge in [-0.05, 0) is 36.8 Å². The number of rotatable bonds is 12. The van der Waals surface area contributed by atoms with Crippen LogP contribution in [-0.4, -0.2) is 69.6 Å². The summed E-state index contributed by atoms with van der Waals surface area (Å²) in [5.74, 6) is -1.31. The third-order valence-electron chi connectivity index (χ3n) is 5.88. The molecule has 1 heterocycles. The molecule has 204 valence electrons. The standard InChI is InChI=1S/C26H32ClN5O5S/c1-2-36-25(33)17-38(34,35)32(12-4-6-19-5-3-7-20(15-19)26(29)30)21-8-9-24(23(27)16-21)37-22-10-13-31(18-28)14-11-22/h3-9,15-16,18,22,28H,2,10-14,17H2,1H3,(H3,29,30). The fourth-order valence-corrected chi connectivity index (χ4v) is 5.45. The Bertz CT molecular complexity index is 1290. The van der Waals surface area contributed by atoms with Gasteiger partial charge >= 0.3 is 5.97 Å². The van der Waals surface area contributed by atoms with Gasteiger partial charge in [0, 0.05) is 31.5 Å². The van der Waals surface area contributed by atoms with Crippen molar-refractivity contribution in [3.63, 3.8) is 0 Å². The molecule has 0 amide bonds. The Morgan fingerprint density at radius 3 is 2.61 bits per heavy atom. The Morgan fingerprint density at radius 1 is 1.24 bits per heavy atom. The minimum Gasteiger partial charge on any atom is -0.489 e. The van der Waals surface area contributed by atoms with Gasteiger partial charge in [0.05, 0.1) is 30.2 Å². The van der Waals surface area contributed by atoms with Crippen LogP contribution < -0.4 is 14.8 Å². The second-order valence-corrected chi connectivity index (χ2v) is 10.9. The SMILES string of the molecule is CCOC(=O)CS(=O)(=O)N(CC=Cc1cccc(C(=N)N)c1)c1ccc(OC2CCN(C=N)CC2)c(Cl)c1. The fraction of sp³-hybridized carbons (Fsp3) is 0.346. The molecule has 0 unspecified atom stereocenters. The minimum absolute atomic E-state index is 0.0631. The van der Waals surface area contributed by atoms with Crippen molar-refractivity contribution in [3.8, 4) is 5.75 Å². The summed E-state index contributed by atoms with van der Waals surface area (Å²) in [6.07, 6.45) is 6.08. The number of amidine groups is 1. The Balaban J connectivity index is 1.83. The summed E-state index contributed by atoms with van der Waals surface area (Å²) >= 11 is 6.50. The van der Waals surface area contributed by atoms with Crippen LogP contribution in [0, 0.1) is 10.8 Å². The van der Waals surface area contributed by atoms with Crippen molar-refractivity contribution in [2.45, 2.75) is 25.9 Å². The van der Waals surface area contributed by atoms with Gasteiger partial charge in [0.15, 0.2) is 5.75 Å². The highest BCUT2D eigenvalue weighted by Crippen LogP contribution is 2.32. The lowest BCUT2D eigenvalue weighted by Gasteiger charge is -2.31. The summed E-state index contributed by atoms with van der Waals surface area (Å²) in [7, 11) is -4.11. The Hall–Kier alpha value is -3.57. The van der Waals surface area contributed by atoms with Crippen LogP contribution in [-0.2, 0) is 19.6 Å². The number of anilines is 1. The van der Waals surface area contributed by atoms with Gasteiger partial charge in [0.1, 0.15) is 17.7 Å². The summed E-state index contributed by atoms with van der Waals surface area (Å²) in [4.78, 5) is 13.9. The number of ether oxygens (including phenoxy) is 2. The number of sulfonamides is 1. The molecule has 0 atom stereocenters. The van der Waals surface area contributed by atoms with Crippen molar-refractivity contribution >= 4 is 51.5 Å². The van der Waals surface area contributed by atoms with Crippen molar-refractivity contribution in [3.05, 3.63) is 64.7 Å². The van der Waals surface area contributed by atoms with Crippen LogP contribution in [0.3, 0.4) is 0 Å². The third kappa shape index (κ3) is 7.96. The average Bonchev–Trinajstić information content (AvgIpc) is 2.88. The Kier molecular flexibility index (Phi) is 10.1. The van der Waals surface area contributed by atoms with Crippen molar-refractivity contribution in [1.29, 1.82) is 10.8 Å². The first kappa shape index (κ1) is 29.0. The zero-order valence-electron chi connectivity index (χ0n) is 21.1. The molecule has 0 radical (unpaired) electrons. The quantitative estimate of drug-likeness (QED) is 0.204. The number of piperidine rings is 1. The maximum atomic E-state index is 13.2.